The normalized spacial score (nSPS) is 37.9. The second-order valence-corrected chi connectivity index (χ2v) is 9.32. The van der Waals surface area contributed by atoms with Crippen LogP contribution in [0.2, 0.25) is 11.5 Å². The van der Waals surface area contributed by atoms with Crippen molar-refractivity contribution in [1.82, 2.24) is 0 Å². The fourth-order valence-electron chi connectivity index (χ4n) is 5.74. The monoisotopic (exact) mass is 274 g/mol. The van der Waals surface area contributed by atoms with Gasteiger partial charge in [0.15, 0.2) is 0 Å². The van der Waals surface area contributed by atoms with Gasteiger partial charge in [-0.25, -0.2) is 0 Å². The van der Waals surface area contributed by atoms with E-state index < -0.39 is 0 Å². The molecule has 0 nitrogen and oxygen atoms in total. The van der Waals surface area contributed by atoms with Crippen LogP contribution >= 0.6 is 0 Å². The molecule has 4 unspecified atom stereocenters. The van der Waals surface area contributed by atoms with Crippen molar-refractivity contribution in [2.75, 3.05) is 0 Å². The van der Waals surface area contributed by atoms with Crippen molar-refractivity contribution in [3.63, 3.8) is 0 Å². The second-order valence-electron chi connectivity index (χ2n) is 9.32. The van der Waals surface area contributed by atoms with E-state index in [4.69, 9.17) is 0 Å². The third-order valence-corrected chi connectivity index (χ3v) is 7.66. The zero-order valence-electron chi connectivity index (χ0n) is 15.0. The van der Waals surface area contributed by atoms with Crippen molar-refractivity contribution in [1.29, 1.82) is 0 Å². The number of rotatable bonds is 7. The van der Waals surface area contributed by atoms with Gasteiger partial charge in [0.1, 0.15) is 7.28 Å². The molecule has 20 heavy (non-hydrogen) atoms. The molecule has 0 aromatic rings. The molecule has 2 fully saturated rings. The Kier molecular flexibility index (Phi) is 4.73. The summed E-state index contributed by atoms with van der Waals surface area (Å²) in [5.41, 5.74) is 1.18. The Hall–Kier alpha value is 0.130. The maximum Gasteiger partial charge on any atom is 0.119 e. The van der Waals surface area contributed by atoms with Gasteiger partial charge in [0, 0.05) is 0 Å². The van der Waals surface area contributed by atoms with Gasteiger partial charge in [-0.2, -0.15) is 0 Å². The van der Waals surface area contributed by atoms with E-state index in [2.05, 4.69) is 42.5 Å². The Morgan fingerprint density at radius 2 is 1.90 bits per heavy atom. The number of hydrogen-bond acceptors (Lipinski definition) is 0. The van der Waals surface area contributed by atoms with Gasteiger partial charge in [-0.15, -0.1) is 0 Å². The minimum Gasteiger partial charge on any atom is -0.0805 e. The molecule has 2 heteroatoms. The van der Waals surface area contributed by atoms with Gasteiger partial charge in [0.2, 0.25) is 0 Å². The standard InChI is InChI=1S/C18H36B2/c1-6-7-8-9-12-20-18(5,19)15-13-14-10-11-17(15,4)16(14,2)3/h14-15,20H,6-13,19H2,1-5H3. The highest BCUT2D eigenvalue weighted by Gasteiger charge is 2.63. The molecule has 0 radical (unpaired) electrons. The predicted molar refractivity (Wildman–Crippen MR) is 95.7 cm³/mol. The van der Waals surface area contributed by atoms with Crippen molar-refractivity contribution in [2.24, 2.45) is 22.7 Å². The van der Waals surface area contributed by atoms with E-state index in [1.807, 2.05) is 0 Å². The van der Waals surface area contributed by atoms with Gasteiger partial charge in [0.25, 0.3) is 0 Å². The van der Waals surface area contributed by atoms with Gasteiger partial charge in [-0.1, -0.05) is 71.8 Å². The summed E-state index contributed by atoms with van der Waals surface area (Å²) >= 11 is 0. The molecule has 2 bridgehead atoms. The first-order valence-corrected chi connectivity index (χ1v) is 9.25. The molecule has 2 saturated carbocycles. The first-order chi connectivity index (χ1) is 9.25. The van der Waals surface area contributed by atoms with E-state index in [9.17, 15) is 0 Å². The predicted octanol–water partition coefficient (Wildman–Crippen LogP) is 4.65. The molecule has 114 valence electrons. The first kappa shape index (κ1) is 16.5. The van der Waals surface area contributed by atoms with E-state index in [1.165, 1.54) is 58.5 Å². The van der Waals surface area contributed by atoms with Crippen molar-refractivity contribution in [3.05, 3.63) is 0 Å². The summed E-state index contributed by atoms with van der Waals surface area (Å²) in [6.07, 6.45) is 11.6. The summed E-state index contributed by atoms with van der Waals surface area (Å²) in [4.78, 5) is 0. The van der Waals surface area contributed by atoms with E-state index >= 15 is 0 Å². The topological polar surface area (TPSA) is 0 Å². The van der Waals surface area contributed by atoms with Crippen LogP contribution in [0.3, 0.4) is 0 Å². The maximum atomic E-state index is 2.61. The molecule has 0 aromatic carbocycles. The van der Waals surface area contributed by atoms with Crippen LogP contribution in [0.25, 0.3) is 0 Å². The van der Waals surface area contributed by atoms with Gasteiger partial charge in [0.05, 0.1) is 7.85 Å². The Balaban J connectivity index is 1.94. The highest BCUT2D eigenvalue weighted by Crippen LogP contribution is 2.72. The first-order valence-electron chi connectivity index (χ1n) is 9.25. The summed E-state index contributed by atoms with van der Waals surface area (Å²) < 4.78 is 0. The molecule has 0 saturated heterocycles. The highest BCUT2D eigenvalue weighted by atomic mass is 14.7. The average molecular weight is 274 g/mol. The lowest BCUT2D eigenvalue weighted by atomic mass is 9.34. The Morgan fingerprint density at radius 1 is 1.20 bits per heavy atom. The zero-order chi connectivity index (χ0) is 15.0. The van der Waals surface area contributed by atoms with Crippen LogP contribution in [0.5, 0.6) is 0 Å². The van der Waals surface area contributed by atoms with Crippen molar-refractivity contribution in [3.8, 4) is 0 Å². The molecule has 4 atom stereocenters. The molecule has 2 aliphatic carbocycles. The van der Waals surface area contributed by atoms with Gasteiger partial charge in [-0.3, -0.25) is 0 Å². The molecule has 2 aliphatic rings. The van der Waals surface area contributed by atoms with Crippen molar-refractivity contribution >= 4 is 15.1 Å². The van der Waals surface area contributed by atoms with Crippen LogP contribution < -0.4 is 0 Å². The van der Waals surface area contributed by atoms with E-state index in [-0.39, 0.29) is 0 Å². The van der Waals surface area contributed by atoms with Crippen LogP contribution in [0.15, 0.2) is 0 Å². The van der Waals surface area contributed by atoms with E-state index in [1.54, 1.807) is 0 Å². The Labute approximate surface area is 129 Å². The van der Waals surface area contributed by atoms with E-state index in [0.717, 1.165) is 11.8 Å². The quantitative estimate of drug-likeness (QED) is 0.468. The fourth-order valence-corrected chi connectivity index (χ4v) is 5.74. The summed E-state index contributed by atoms with van der Waals surface area (Å²) in [5.74, 6) is 1.95. The lowest BCUT2D eigenvalue weighted by Gasteiger charge is -2.47. The lowest BCUT2D eigenvalue weighted by Crippen LogP contribution is -2.40. The van der Waals surface area contributed by atoms with Crippen molar-refractivity contribution < 1.29 is 0 Å². The second kappa shape index (κ2) is 5.73. The zero-order valence-corrected chi connectivity index (χ0v) is 15.0. The maximum absolute atomic E-state index is 2.61. The highest BCUT2D eigenvalue weighted by molar-refractivity contribution is 6.53. The summed E-state index contributed by atoms with van der Waals surface area (Å²) in [6.45, 7) is 12.6. The molecular weight excluding hydrogens is 238 g/mol. The molecule has 0 amide bonds. The molecule has 0 spiro atoms. The van der Waals surface area contributed by atoms with Crippen LogP contribution in [0.4, 0.5) is 0 Å². The largest absolute Gasteiger partial charge is 0.119 e. The summed E-state index contributed by atoms with van der Waals surface area (Å²) in [6, 6.07) is 0. The molecule has 0 heterocycles. The molecule has 0 aliphatic heterocycles. The average Bonchev–Trinajstić information content (AvgIpc) is 2.71. The van der Waals surface area contributed by atoms with Crippen LogP contribution in [-0.2, 0) is 0 Å². The summed E-state index contributed by atoms with van der Waals surface area (Å²) in [7, 11) is 4.01. The van der Waals surface area contributed by atoms with Crippen LogP contribution in [0, 0.1) is 22.7 Å². The van der Waals surface area contributed by atoms with Gasteiger partial charge < -0.3 is 0 Å². The van der Waals surface area contributed by atoms with Gasteiger partial charge >= 0.3 is 0 Å². The molecule has 0 N–H and O–H groups in total. The molecule has 0 aromatic heterocycles. The summed E-state index contributed by atoms with van der Waals surface area (Å²) in [5, 5.41) is 0.549. The minimum absolute atomic E-state index is 0.549. The Bertz CT molecular complexity index is 334. The van der Waals surface area contributed by atoms with Crippen LogP contribution in [-0.4, -0.2) is 15.1 Å². The smallest absolute Gasteiger partial charge is 0.0805 e. The Morgan fingerprint density at radius 3 is 2.40 bits per heavy atom. The number of hydrogen-bond donors (Lipinski definition) is 0. The third-order valence-electron chi connectivity index (χ3n) is 7.66. The molecule has 2 rings (SSSR count). The van der Waals surface area contributed by atoms with Gasteiger partial charge in [-0.05, 0) is 41.9 Å². The fraction of sp³-hybridized carbons (Fsp3) is 1.00. The molecular formula is C18H36B2. The minimum atomic E-state index is 0.549. The van der Waals surface area contributed by atoms with E-state index in [0.29, 0.717) is 16.0 Å². The van der Waals surface area contributed by atoms with Crippen LogP contribution in [0.1, 0.15) is 79.6 Å². The van der Waals surface area contributed by atoms with Crippen molar-refractivity contribution in [2.45, 2.75) is 91.1 Å². The SMILES string of the molecule is BC(C)(BCCCCCC)C1CC2CCC1(C)C2(C)C. The number of unbranched alkanes of at least 4 members (excludes halogenated alkanes) is 3. The number of fused-ring (bicyclic) bond motifs is 2. The third kappa shape index (κ3) is 2.61. The lowest BCUT2D eigenvalue weighted by molar-refractivity contribution is 0.0935.